The van der Waals surface area contributed by atoms with Crippen LogP contribution in [0.2, 0.25) is 0 Å². The summed E-state index contributed by atoms with van der Waals surface area (Å²) in [6.07, 6.45) is 5.14. The van der Waals surface area contributed by atoms with E-state index < -0.39 is 17.7 Å². The summed E-state index contributed by atoms with van der Waals surface area (Å²) in [6, 6.07) is 4.53. The van der Waals surface area contributed by atoms with Crippen LogP contribution in [0.3, 0.4) is 0 Å². The van der Waals surface area contributed by atoms with Crippen molar-refractivity contribution in [2.24, 2.45) is 5.92 Å². The number of benzene rings is 1. The summed E-state index contributed by atoms with van der Waals surface area (Å²) in [7, 11) is 0. The van der Waals surface area contributed by atoms with Crippen LogP contribution in [0.4, 0.5) is 8.78 Å². The number of rotatable bonds is 3. The van der Waals surface area contributed by atoms with Crippen molar-refractivity contribution in [1.29, 1.82) is 0 Å². The van der Waals surface area contributed by atoms with Gasteiger partial charge in [0.25, 0.3) is 0 Å². The van der Waals surface area contributed by atoms with E-state index >= 15 is 0 Å². The number of piperidine rings is 1. The molecule has 0 amide bonds. The molecule has 0 radical (unpaired) electrons. The molecule has 2 fully saturated rings. The van der Waals surface area contributed by atoms with E-state index in [0.717, 1.165) is 24.9 Å². The fraction of sp³-hybridized carbons (Fsp3) is 0.625. The smallest absolute Gasteiger partial charge is 0.164 e. The molecule has 0 aromatic heterocycles. The number of fused-ring (bicyclic) bond motifs is 1. The van der Waals surface area contributed by atoms with Crippen LogP contribution < -0.4 is 0 Å². The van der Waals surface area contributed by atoms with E-state index in [1.54, 1.807) is 0 Å². The van der Waals surface area contributed by atoms with Gasteiger partial charge in [-0.25, -0.2) is 8.78 Å². The predicted molar refractivity (Wildman–Crippen MR) is 73.3 cm³/mol. The minimum Gasteiger partial charge on any atom is -0.387 e. The Morgan fingerprint density at radius 2 is 2.00 bits per heavy atom. The first-order valence-corrected chi connectivity index (χ1v) is 7.53. The van der Waals surface area contributed by atoms with Crippen molar-refractivity contribution in [3.05, 3.63) is 35.4 Å². The van der Waals surface area contributed by atoms with Crippen molar-refractivity contribution in [3.63, 3.8) is 0 Å². The maximum absolute atomic E-state index is 13.7. The largest absolute Gasteiger partial charge is 0.387 e. The number of halogens is 2. The molecule has 2 aliphatic rings. The van der Waals surface area contributed by atoms with Crippen molar-refractivity contribution in [1.82, 2.24) is 4.90 Å². The molecule has 1 N–H and O–H groups in total. The van der Waals surface area contributed by atoms with Crippen molar-refractivity contribution < 1.29 is 13.9 Å². The second-order valence-corrected chi connectivity index (χ2v) is 6.05. The number of aliphatic hydroxyl groups is 1. The SMILES string of the molecule is OC(CN1CCCC2CCCC21)c1cccc(F)c1F. The maximum Gasteiger partial charge on any atom is 0.164 e. The van der Waals surface area contributed by atoms with Gasteiger partial charge in [-0.2, -0.15) is 0 Å². The molecule has 1 aromatic rings. The molecule has 1 saturated heterocycles. The summed E-state index contributed by atoms with van der Waals surface area (Å²) < 4.78 is 27.0. The third-order valence-electron chi connectivity index (χ3n) is 4.86. The number of hydrogen-bond donors (Lipinski definition) is 1. The van der Waals surface area contributed by atoms with E-state index in [9.17, 15) is 13.9 Å². The zero-order valence-corrected chi connectivity index (χ0v) is 11.6. The van der Waals surface area contributed by atoms with E-state index in [1.165, 1.54) is 37.8 Å². The van der Waals surface area contributed by atoms with Crippen molar-refractivity contribution in [3.8, 4) is 0 Å². The lowest BCUT2D eigenvalue weighted by atomic mass is 9.91. The molecule has 3 unspecified atom stereocenters. The highest BCUT2D eigenvalue weighted by Gasteiger charge is 2.35. The summed E-state index contributed by atoms with van der Waals surface area (Å²) in [5.74, 6) is -1.08. The van der Waals surface area contributed by atoms with Crippen LogP contribution in [-0.4, -0.2) is 29.1 Å². The highest BCUT2D eigenvalue weighted by Crippen LogP contribution is 2.37. The number of hydrogen-bond acceptors (Lipinski definition) is 2. The molecule has 20 heavy (non-hydrogen) atoms. The van der Waals surface area contributed by atoms with Gasteiger partial charge in [0.2, 0.25) is 0 Å². The van der Waals surface area contributed by atoms with E-state index in [1.807, 2.05) is 0 Å². The van der Waals surface area contributed by atoms with Crippen LogP contribution in [0.5, 0.6) is 0 Å². The summed E-state index contributed by atoms with van der Waals surface area (Å²) >= 11 is 0. The molecular weight excluding hydrogens is 260 g/mol. The van der Waals surface area contributed by atoms with Gasteiger partial charge in [0.15, 0.2) is 11.6 Å². The first-order valence-electron chi connectivity index (χ1n) is 7.53. The quantitative estimate of drug-likeness (QED) is 0.919. The molecule has 1 aromatic carbocycles. The van der Waals surface area contributed by atoms with Crippen LogP contribution in [0.25, 0.3) is 0 Å². The molecule has 1 saturated carbocycles. The molecule has 1 heterocycles. The van der Waals surface area contributed by atoms with E-state index in [4.69, 9.17) is 0 Å². The van der Waals surface area contributed by atoms with Gasteiger partial charge in [0.05, 0.1) is 6.10 Å². The Morgan fingerprint density at radius 1 is 1.20 bits per heavy atom. The molecule has 4 heteroatoms. The second kappa shape index (κ2) is 5.78. The Hall–Kier alpha value is -1.00. The lowest BCUT2D eigenvalue weighted by molar-refractivity contribution is 0.0489. The molecular formula is C16H21F2NO. The normalized spacial score (nSPS) is 28.4. The molecule has 110 valence electrons. The van der Waals surface area contributed by atoms with E-state index in [2.05, 4.69) is 4.90 Å². The Kier molecular flexibility index (Phi) is 4.03. The lowest BCUT2D eigenvalue weighted by Gasteiger charge is -2.38. The van der Waals surface area contributed by atoms with E-state index in [-0.39, 0.29) is 5.56 Å². The fourth-order valence-corrected chi connectivity index (χ4v) is 3.88. The van der Waals surface area contributed by atoms with Crippen molar-refractivity contribution >= 4 is 0 Å². The van der Waals surface area contributed by atoms with Gasteiger partial charge < -0.3 is 5.11 Å². The molecule has 0 bridgehead atoms. The fourth-order valence-electron chi connectivity index (χ4n) is 3.88. The summed E-state index contributed by atoms with van der Waals surface area (Å²) in [6.45, 7) is 1.36. The molecule has 1 aliphatic carbocycles. The highest BCUT2D eigenvalue weighted by atomic mass is 19.2. The average molecular weight is 281 g/mol. The maximum atomic E-state index is 13.7. The topological polar surface area (TPSA) is 23.5 Å². The zero-order valence-electron chi connectivity index (χ0n) is 11.6. The minimum absolute atomic E-state index is 0.0742. The second-order valence-electron chi connectivity index (χ2n) is 6.05. The monoisotopic (exact) mass is 281 g/mol. The van der Waals surface area contributed by atoms with Gasteiger partial charge in [-0.1, -0.05) is 18.6 Å². The molecule has 0 spiro atoms. The van der Waals surface area contributed by atoms with Gasteiger partial charge in [-0.05, 0) is 44.2 Å². The van der Waals surface area contributed by atoms with Crippen LogP contribution >= 0.6 is 0 Å². The first kappa shape index (κ1) is 14.0. The average Bonchev–Trinajstić information content (AvgIpc) is 2.91. The van der Waals surface area contributed by atoms with Crippen LogP contribution in [0, 0.1) is 17.6 Å². The van der Waals surface area contributed by atoms with Crippen molar-refractivity contribution in [2.45, 2.75) is 44.2 Å². The van der Waals surface area contributed by atoms with Gasteiger partial charge >= 0.3 is 0 Å². The van der Waals surface area contributed by atoms with Gasteiger partial charge in [-0.3, -0.25) is 4.90 Å². The van der Waals surface area contributed by atoms with E-state index in [0.29, 0.717) is 12.6 Å². The summed E-state index contributed by atoms with van der Waals surface area (Å²) in [4.78, 5) is 2.27. The van der Waals surface area contributed by atoms with Crippen molar-refractivity contribution in [2.75, 3.05) is 13.1 Å². The summed E-state index contributed by atoms with van der Waals surface area (Å²) in [5, 5.41) is 10.2. The number of aliphatic hydroxyl groups excluding tert-OH is 1. The molecule has 2 nitrogen and oxygen atoms in total. The zero-order chi connectivity index (χ0) is 14.1. The Morgan fingerprint density at radius 3 is 2.85 bits per heavy atom. The highest BCUT2D eigenvalue weighted by molar-refractivity contribution is 5.21. The third-order valence-corrected chi connectivity index (χ3v) is 4.86. The Balaban J connectivity index is 1.72. The Bertz CT molecular complexity index is 480. The van der Waals surface area contributed by atoms with Crippen LogP contribution in [0.1, 0.15) is 43.8 Å². The molecule has 1 aliphatic heterocycles. The van der Waals surface area contributed by atoms with Gasteiger partial charge in [0.1, 0.15) is 0 Å². The predicted octanol–water partition coefficient (Wildman–Crippen LogP) is 3.26. The van der Waals surface area contributed by atoms with Gasteiger partial charge in [-0.15, -0.1) is 0 Å². The third kappa shape index (κ3) is 2.59. The number of nitrogens with zero attached hydrogens (tertiary/aromatic N) is 1. The lowest BCUT2D eigenvalue weighted by Crippen LogP contribution is -2.44. The van der Waals surface area contributed by atoms with Crippen LogP contribution in [0.15, 0.2) is 18.2 Å². The standard InChI is InChI=1S/C16H21F2NO/c17-13-7-2-6-12(16(13)18)15(20)10-19-9-3-5-11-4-1-8-14(11)19/h2,6-7,11,14-15,20H,1,3-5,8-10H2. The van der Waals surface area contributed by atoms with Gasteiger partial charge in [0, 0.05) is 18.2 Å². The number of likely N-dealkylation sites (tertiary alicyclic amines) is 1. The first-order chi connectivity index (χ1) is 9.66. The minimum atomic E-state index is -0.954. The molecule has 3 rings (SSSR count). The Labute approximate surface area is 118 Å². The number of β-amino-alcohol motifs (C(OH)–C–C–N with tert-alkyl or cyclic N) is 1. The van der Waals surface area contributed by atoms with Crippen LogP contribution in [-0.2, 0) is 0 Å². The summed E-state index contributed by atoms with van der Waals surface area (Å²) in [5.41, 5.74) is 0.0742. The molecule has 3 atom stereocenters.